The number of hydrogen-bond acceptors (Lipinski definition) is 2. The molecule has 1 aliphatic carbocycles. The van der Waals surface area contributed by atoms with Crippen LogP contribution in [0.25, 0.3) is 0 Å². The second-order valence-electron chi connectivity index (χ2n) is 3.71. The first-order chi connectivity index (χ1) is 7.03. The first kappa shape index (κ1) is 10.6. The fraction of sp³-hybridized carbons (Fsp3) is 0.300. The summed E-state index contributed by atoms with van der Waals surface area (Å²) in [6.45, 7) is 0. The van der Waals surface area contributed by atoms with E-state index in [0.717, 1.165) is 0 Å². The van der Waals surface area contributed by atoms with Crippen molar-refractivity contribution in [3.8, 4) is 0 Å². The van der Waals surface area contributed by atoms with E-state index < -0.39 is 11.4 Å². The molecule has 1 saturated carbocycles. The maximum atomic E-state index is 13.3. The number of halogens is 2. The zero-order valence-electron chi connectivity index (χ0n) is 7.89. The summed E-state index contributed by atoms with van der Waals surface area (Å²) >= 11 is 3.17. The quantitative estimate of drug-likeness (QED) is 0.866. The molecule has 1 fully saturated rings. The van der Waals surface area contributed by atoms with Crippen LogP contribution in [0.15, 0.2) is 22.7 Å². The minimum absolute atomic E-state index is 0.152. The zero-order chi connectivity index (χ0) is 11.1. The molecule has 1 aliphatic rings. The van der Waals surface area contributed by atoms with Gasteiger partial charge >= 0.3 is 0 Å². The number of benzene rings is 1. The summed E-state index contributed by atoms with van der Waals surface area (Å²) in [5.41, 5.74) is 5.05. The molecule has 0 aromatic heterocycles. The van der Waals surface area contributed by atoms with Crippen molar-refractivity contribution in [1.82, 2.24) is 0 Å². The average Bonchev–Trinajstić information content (AvgIpc) is 2.91. The van der Waals surface area contributed by atoms with Crippen molar-refractivity contribution in [3.63, 3.8) is 0 Å². The Labute approximate surface area is 95.0 Å². The van der Waals surface area contributed by atoms with Crippen molar-refractivity contribution in [2.75, 3.05) is 5.32 Å². The van der Waals surface area contributed by atoms with E-state index in [0.29, 0.717) is 17.3 Å². The molecule has 0 bridgehead atoms. The summed E-state index contributed by atoms with van der Waals surface area (Å²) in [6.07, 6.45) is 1.32. The van der Waals surface area contributed by atoms with Gasteiger partial charge in [-0.3, -0.25) is 4.79 Å². The van der Waals surface area contributed by atoms with Crippen LogP contribution in [0, 0.1) is 5.82 Å². The summed E-state index contributed by atoms with van der Waals surface area (Å²) in [7, 11) is 0. The summed E-state index contributed by atoms with van der Waals surface area (Å²) in [5.74, 6) is -0.796. The zero-order valence-corrected chi connectivity index (χ0v) is 9.47. The van der Waals surface area contributed by atoms with Crippen LogP contribution in [0.1, 0.15) is 12.8 Å². The first-order valence-electron chi connectivity index (χ1n) is 4.57. The van der Waals surface area contributed by atoms with Crippen molar-refractivity contribution in [2.45, 2.75) is 18.4 Å². The van der Waals surface area contributed by atoms with E-state index in [-0.39, 0.29) is 11.6 Å². The number of anilines is 1. The molecule has 15 heavy (non-hydrogen) atoms. The lowest BCUT2D eigenvalue weighted by molar-refractivity contribution is -0.118. The summed E-state index contributed by atoms with van der Waals surface area (Å²) in [5, 5.41) is 2.50. The van der Waals surface area contributed by atoms with Gasteiger partial charge in [0.25, 0.3) is 0 Å². The highest BCUT2D eigenvalue weighted by Crippen LogP contribution is 2.34. The number of carbonyl (C=O) groups is 1. The number of nitrogens with two attached hydrogens (primary N) is 1. The maximum absolute atomic E-state index is 13.3. The molecular weight excluding hydrogens is 263 g/mol. The minimum atomic E-state index is -0.790. The molecular formula is C10H10BrFN2O. The molecule has 0 heterocycles. The highest BCUT2D eigenvalue weighted by Gasteiger charge is 2.46. The first-order valence-corrected chi connectivity index (χ1v) is 5.36. The van der Waals surface area contributed by atoms with Crippen molar-refractivity contribution < 1.29 is 9.18 Å². The van der Waals surface area contributed by atoms with Gasteiger partial charge in [0.15, 0.2) is 0 Å². The monoisotopic (exact) mass is 272 g/mol. The van der Waals surface area contributed by atoms with E-state index >= 15 is 0 Å². The van der Waals surface area contributed by atoms with Crippen molar-refractivity contribution in [3.05, 3.63) is 28.5 Å². The van der Waals surface area contributed by atoms with Crippen molar-refractivity contribution in [1.29, 1.82) is 0 Å². The number of nitrogens with one attached hydrogen (secondary N) is 1. The Morgan fingerprint density at radius 2 is 2.20 bits per heavy atom. The van der Waals surface area contributed by atoms with Gasteiger partial charge in [0.05, 0.1) is 11.2 Å². The fourth-order valence-corrected chi connectivity index (χ4v) is 1.66. The van der Waals surface area contributed by atoms with Crippen LogP contribution < -0.4 is 11.1 Å². The number of hydrogen-bond donors (Lipinski definition) is 2. The second-order valence-corrected chi connectivity index (χ2v) is 4.56. The van der Waals surface area contributed by atoms with Gasteiger partial charge in [-0.25, -0.2) is 4.39 Å². The third-order valence-corrected chi connectivity index (χ3v) is 3.10. The summed E-state index contributed by atoms with van der Waals surface area (Å²) in [4.78, 5) is 11.6. The van der Waals surface area contributed by atoms with E-state index in [1.807, 2.05) is 0 Å². The molecule has 0 unspecified atom stereocenters. The molecule has 1 aromatic rings. The molecule has 0 aliphatic heterocycles. The van der Waals surface area contributed by atoms with Gasteiger partial charge in [-0.15, -0.1) is 0 Å². The number of amides is 1. The Morgan fingerprint density at radius 3 is 2.73 bits per heavy atom. The van der Waals surface area contributed by atoms with Gasteiger partial charge < -0.3 is 11.1 Å². The van der Waals surface area contributed by atoms with E-state index in [9.17, 15) is 9.18 Å². The third kappa shape index (κ3) is 2.03. The highest BCUT2D eigenvalue weighted by molar-refractivity contribution is 9.10. The Bertz CT molecular complexity index is 398. The average molecular weight is 273 g/mol. The van der Waals surface area contributed by atoms with Crippen LogP contribution in [0.5, 0.6) is 0 Å². The van der Waals surface area contributed by atoms with Crippen LogP contribution in [0.4, 0.5) is 10.1 Å². The Morgan fingerprint density at radius 1 is 1.53 bits per heavy atom. The van der Waals surface area contributed by atoms with E-state index in [1.54, 1.807) is 12.1 Å². The van der Waals surface area contributed by atoms with E-state index in [1.165, 1.54) is 6.07 Å². The largest absolute Gasteiger partial charge is 0.321 e. The molecule has 2 rings (SSSR count). The molecule has 3 nitrogen and oxygen atoms in total. The molecule has 1 aromatic carbocycles. The number of carbonyl (C=O) groups excluding carboxylic acids is 1. The lowest BCUT2D eigenvalue weighted by Gasteiger charge is -2.11. The normalized spacial score (nSPS) is 17.3. The molecule has 0 atom stereocenters. The number of para-hydroxylation sites is 1. The number of rotatable bonds is 2. The Hall–Kier alpha value is -0.940. The predicted molar refractivity (Wildman–Crippen MR) is 58.9 cm³/mol. The van der Waals surface area contributed by atoms with Gasteiger partial charge in [-0.05, 0) is 40.9 Å². The van der Waals surface area contributed by atoms with Crippen LogP contribution in [0.2, 0.25) is 0 Å². The predicted octanol–water partition coefficient (Wildman–Crippen LogP) is 2.02. The van der Waals surface area contributed by atoms with Gasteiger partial charge in [0.2, 0.25) is 5.91 Å². The second kappa shape index (κ2) is 3.57. The standard InChI is InChI=1S/C10H10BrFN2O/c11-6-2-1-3-7(12)8(6)14-9(15)10(13)4-5-10/h1-3H,4-5,13H2,(H,14,15). The van der Waals surface area contributed by atoms with Gasteiger partial charge in [-0.2, -0.15) is 0 Å². The minimum Gasteiger partial charge on any atom is -0.321 e. The maximum Gasteiger partial charge on any atom is 0.244 e. The lowest BCUT2D eigenvalue weighted by Crippen LogP contribution is -2.38. The smallest absolute Gasteiger partial charge is 0.244 e. The molecule has 5 heteroatoms. The van der Waals surface area contributed by atoms with Gasteiger partial charge in [-0.1, -0.05) is 6.07 Å². The van der Waals surface area contributed by atoms with E-state index in [4.69, 9.17) is 5.73 Å². The van der Waals surface area contributed by atoms with Crippen molar-refractivity contribution in [2.24, 2.45) is 5.73 Å². The SMILES string of the molecule is NC1(C(=O)Nc2c(F)cccc2Br)CC1. The van der Waals surface area contributed by atoms with Crippen LogP contribution in [0.3, 0.4) is 0 Å². The summed E-state index contributed by atoms with van der Waals surface area (Å²) < 4.78 is 13.8. The molecule has 1 amide bonds. The molecule has 0 spiro atoms. The van der Waals surface area contributed by atoms with E-state index in [2.05, 4.69) is 21.2 Å². The van der Waals surface area contributed by atoms with Crippen LogP contribution in [-0.2, 0) is 4.79 Å². The van der Waals surface area contributed by atoms with Gasteiger partial charge in [0, 0.05) is 4.47 Å². The topological polar surface area (TPSA) is 55.1 Å². The van der Waals surface area contributed by atoms with Crippen LogP contribution >= 0.6 is 15.9 Å². The van der Waals surface area contributed by atoms with Crippen LogP contribution in [-0.4, -0.2) is 11.4 Å². The Kier molecular flexibility index (Phi) is 2.52. The highest BCUT2D eigenvalue weighted by atomic mass is 79.9. The van der Waals surface area contributed by atoms with Crippen molar-refractivity contribution >= 4 is 27.5 Å². The summed E-state index contributed by atoms with van der Waals surface area (Å²) in [6, 6.07) is 4.51. The Balaban J connectivity index is 2.20. The molecule has 80 valence electrons. The van der Waals surface area contributed by atoms with Gasteiger partial charge in [0.1, 0.15) is 5.82 Å². The molecule has 0 radical (unpaired) electrons. The third-order valence-electron chi connectivity index (χ3n) is 2.44. The lowest BCUT2D eigenvalue weighted by atomic mass is 10.2. The molecule has 0 saturated heterocycles. The molecule has 3 N–H and O–H groups in total. The fourth-order valence-electron chi connectivity index (χ4n) is 1.22.